The van der Waals surface area contributed by atoms with E-state index in [0.717, 1.165) is 5.57 Å². The number of benzene rings is 2. The van der Waals surface area contributed by atoms with Crippen molar-refractivity contribution in [2.45, 2.75) is 17.2 Å². The van der Waals surface area contributed by atoms with E-state index >= 15 is 0 Å². The van der Waals surface area contributed by atoms with Gasteiger partial charge in [0.25, 0.3) is 0 Å². The molecule has 0 unspecified atom stereocenters. The molecule has 32 heavy (non-hydrogen) atoms. The number of Topliss-reactive ketones (excluding diaryl/α,β-unsaturated/α-hetero) is 1. The fourth-order valence-electron chi connectivity index (χ4n) is 2.04. The number of rotatable bonds is 3. The maximum absolute atomic E-state index is 11.7. The second-order valence-electron chi connectivity index (χ2n) is 6.24. The highest BCUT2D eigenvalue weighted by atomic mass is 32.2. The molecule has 0 bridgehead atoms. The van der Waals surface area contributed by atoms with Crippen molar-refractivity contribution in [3.8, 4) is 0 Å². The summed E-state index contributed by atoms with van der Waals surface area (Å²) in [5, 5.41) is 1.30. The lowest BCUT2D eigenvalue weighted by molar-refractivity contribution is -0.140. The van der Waals surface area contributed by atoms with Gasteiger partial charge in [0.2, 0.25) is 0 Å². The number of ketones is 1. The Morgan fingerprint density at radius 3 is 1.38 bits per heavy atom. The number of carbonyl (C=O) groups excluding carboxylic acids is 1. The Kier molecular flexibility index (Phi) is 13.3. The first-order chi connectivity index (χ1) is 14.7. The van der Waals surface area contributed by atoms with E-state index in [1.807, 2.05) is 0 Å². The number of sulfone groups is 2. The average molecular weight is 483 g/mol. The SMILES string of the molecule is C.C=C.CS(=O)(=O)c1ccccc1.O=C1COC1.O=S(=O)(C=C1COC1)c1ccccc1. The first-order valence-electron chi connectivity index (χ1n) is 9.10. The highest BCUT2D eigenvalue weighted by molar-refractivity contribution is 7.94. The minimum Gasteiger partial charge on any atom is -0.373 e. The van der Waals surface area contributed by atoms with E-state index in [9.17, 15) is 21.6 Å². The van der Waals surface area contributed by atoms with Gasteiger partial charge < -0.3 is 9.47 Å². The van der Waals surface area contributed by atoms with Crippen LogP contribution in [-0.4, -0.2) is 55.3 Å². The topological polar surface area (TPSA) is 104 Å². The van der Waals surface area contributed by atoms with Crippen LogP contribution in [0.3, 0.4) is 0 Å². The third kappa shape index (κ3) is 10.6. The highest BCUT2D eigenvalue weighted by Gasteiger charge is 2.16. The maximum atomic E-state index is 11.7. The third-order valence-electron chi connectivity index (χ3n) is 3.67. The van der Waals surface area contributed by atoms with Gasteiger partial charge in [0.15, 0.2) is 25.5 Å². The van der Waals surface area contributed by atoms with E-state index in [2.05, 4.69) is 17.9 Å². The quantitative estimate of drug-likeness (QED) is 0.617. The van der Waals surface area contributed by atoms with Crippen molar-refractivity contribution in [2.75, 3.05) is 32.7 Å². The van der Waals surface area contributed by atoms with Crippen molar-refractivity contribution in [1.29, 1.82) is 0 Å². The molecular weight excluding hydrogens is 452 g/mol. The minimum atomic E-state index is -3.26. The smallest absolute Gasteiger partial charge is 0.199 e. The molecule has 0 aromatic heterocycles. The van der Waals surface area contributed by atoms with Crippen LogP contribution >= 0.6 is 0 Å². The molecule has 2 aromatic rings. The monoisotopic (exact) mass is 482 g/mol. The first kappa shape index (κ1) is 29.4. The summed E-state index contributed by atoms with van der Waals surface area (Å²) < 4.78 is 54.4. The molecule has 0 N–H and O–H groups in total. The zero-order valence-electron chi connectivity index (χ0n) is 17.3. The molecule has 2 aromatic carbocycles. The second-order valence-corrected chi connectivity index (χ2v) is 10.1. The summed E-state index contributed by atoms with van der Waals surface area (Å²) in [7, 11) is -6.27. The Morgan fingerprint density at radius 2 is 1.12 bits per heavy atom. The first-order valence-corrected chi connectivity index (χ1v) is 12.5. The van der Waals surface area contributed by atoms with Gasteiger partial charge in [-0.15, -0.1) is 13.2 Å². The van der Waals surface area contributed by atoms with Gasteiger partial charge in [0, 0.05) is 11.7 Å². The van der Waals surface area contributed by atoms with Crippen molar-refractivity contribution in [2.24, 2.45) is 0 Å². The molecule has 0 amide bonds. The van der Waals surface area contributed by atoms with Crippen LogP contribution in [0.4, 0.5) is 0 Å². The van der Waals surface area contributed by atoms with Gasteiger partial charge in [-0.3, -0.25) is 4.79 Å². The van der Waals surface area contributed by atoms with Crippen molar-refractivity contribution in [1.82, 2.24) is 0 Å². The number of hydrogen-bond acceptors (Lipinski definition) is 7. The summed E-state index contributed by atoms with van der Waals surface area (Å²) in [5.41, 5.74) is 0.828. The van der Waals surface area contributed by atoms with E-state index in [1.165, 1.54) is 11.7 Å². The van der Waals surface area contributed by atoms with Gasteiger partial charge in [-0.25, -0.2) is 16.8 Å². The Balaban J connectivity index is 0.000000467. The van der Waals surface area contributed by atoms with Crippen molar-refractivity contribution >= 4 is 25.5 Å². The molecule has 176 valence electrons. The van der Waals surface area contributed by atoms with E-state index in [0.29, 0.717) is 36.2 Å². The molecule has 2 heterocycles. The molecule has 4 rings (SSSR count). The van der Waals surface area contributed by atoms with Crippen LogP contribution in [0.1, 0.15) is 7.43 Å². The predicted octanol–water partition coefficient (Wildman–Crippen LogP) is 3.49. The van der Waals surface area contributed by atoms with Crippen LogP contribution in [0, 0.1) is 0 Å². The summed E-state index contributed by atoms with van der Waals surface area (Å²) in [5.74, 6) is 0.213. The molecule has 2 fully saturated rings. The summed E-state index contributed by atoms with van der Waals surface area (Å²) in [6.07, 6.45) is 1.20. The predicted molar refractivity (Wildman–Crippen MR) is 126 cm³/mol. The van der Waals surface area contributed by atoms with E-state index in [-0.39, 0.29) is 13.2 Å². The van der Waals surface area contributed by atoms with E-state index in [1.54, 1.807) is 60.7 Å². The van der Waals surface area contributed by atoms with Gasteiger partial charge in [-0.1, -0.05) is 43.8 Å². The van der Waals surface area contributed by atoms with Crippen LogP contribution < -0.4 is 0 Å². The molecule has 9 heteroatoms. The van der Waals surface area contributed by atoms with Gasteiger partial charge in [-0.2, -0.15) is 0 Å². The lowest BCUT2D eigenvalue weighted by atomic mass is 10.3. The largest absolute Gasteiger partial charge is 0.373 e. The van der Waals surface area contributed by atoms with Crippen molar-refractivity contribution in [3.05, 3.63) is 84.8 Å². The minimum absolute atomic E-state index is 0. The van der Waals surface area contributed by atoms with E-state index < -0.39 is 19.7 Å². The van der Waals surface area contributed by atoms with Crippen molar-refractivity contribution in [3.63, 3.8) is 0 Å². The fourth-order valence-corrected chi connectivity index (χ4v) is 3.94. The van der Waals surface area contributed by atoms with Crippen molar-refractivity contribution < 1.29 is 31.1 Å². The zero-order chi connectivity index (χ0) is 23.3. The Hall–Kier alpha value is -2.59. The van der Waals surface area contributed by atoms with Gasteiger partial charge in [-0.05, 0) is 29.8 Å². The molecule has 2 aliphatic rings. The highest BCUT2D eigenvalue weighted by Crippen LogP contribution is 2.17. The van der Waals surface area contributed by atoms with Gasteiger partial charge in [0.1, 0.15) is 13.2 Å². The van der Waals surface area contributed by atoms with Crippen LogP contribution in [0.5, 0.6) is 0 Å². The Bertz CT molecular complexity index is 1050. The summed E-state index contributed by atoms with van der Waals surface area (Å²) >= 11 is 0. The number of hydrogen-bond donors (Lipinski definition) is 0. The molecule has 2 saturated heterocycles. The molecule has 0 aliphatic carbocycles. The molecule has 7 nitrogen and oxygen atoms in total. The Labute approximate surface area is 191 Å². The molecule has 0 radical (unpaired) electrons. The summed E-state index contributed by atoms with van der Waals surface area (Å²) in [6, 6.07) is 16.7. The van der Waals surface area contributed by atoms with Crippen LogP contribution in [0.15, 0.2) is 94.6 Å². The third-order valence-corrected chi connectivity index (χ3v) is 6.37. The number of ether oxygens (including phenoxy) is 2. The lowest BCUT2D eigenvalue weighted by Crippen LogP contribution is -2.26. The normalized spacial score (nSPS) is 14.2. The standard InChI is InChI=1S/C10H10O3S.C7H8O2S.C3H4O2.C2H4.CH4/c11-14(12,8-9-6-13-7-9)10-4-2-1-3-5-10;1-10(8,9)7-5-3-2-4-6-7;4-3-1-5-2-3;1-2;/h1-5,8H,6-7H2;2-6H,1H3;1-2H2;1-2H2;1H4. The molecular formula is C23H30O7S2. The maximum Gasteiger partial charge on any atom is 0.199 e. The van der Waals surface area contributed by atoms with Crippen LogP contribution in [0.2, 0.25) is 0 Å². The lowest BCUT2D eigenvalue weighted by Gasteiger charge is -2.16. The Morgan fingerprint density at radius 1 is 0.750 bits per heavy atom. The van der Waals surface area contributed by atoms with Crippen LogP contribution in [0.25, 0.3) is 0 Å². The average Bonchev–Trinajstić information content (AvgIpc) is 2.72. The van der Waals surface area contributed by atoms with Crippen LogP contribution in [-0.2, 0) is 33.9 Å². The second kappa shape index (κ2) is 14.5. The van der Waals surface area contributed by atoms with E-state index in [4.69, 9.17) is 4.74 Å². The fraction of sp³-hybridized carbons (Fsp3) is 0.261. The zero-order valence-corrected chi connectivity index (χ0v) is 18.9. The molecule has 0 atom stereocenters. The van der Waals surface area contributed by atoms with Gasteiger partial charge >= 0.3 is 0 Å². The summed E-state index contributed by atoms with van der Waals surface area (Å²) in [4.78, 5) is 10.5. The molecule has 0 saturated carbocycles. The van der Waals surface area contributed by atoms with Gasteiger partial charge in [0.05, 0.1) is 23.0 Å². The molecule has 0 spiro atoms. The molecule has 2 aliphatic heterocycles. The number of carbonyl (C=O) groups is 1. The summed E-state index contributed by atoms with van der Waals surface area (Å²) in [6.45, 7) is 7.57.